The van der Waals surface area contributed by atoms with E-state index in [0.29, 0.717) is 61.6 Å². The number of carbonyl (C=O) groups excluding carboxylic acids is 1. The van der Waals surface area contributed by atoms with Crippen molar-refractivity contribution in [2.45, 2.75) is 60.0 Å². The number of anilines is 1. The highest BCUT2D eigenvalue weighted by Crippen LogP contribution is 2.42. The Morgan fingerprint density at radius 2 is 1.67 bits per heavy atom. The fourth-order valence-corrected chi connectivity index (χ4v) is 7.93. The second-order valence-electron chi connectivity index (χ2n) is 14.6. The molecule has 0 aliphatic heterocycles. The number of carbonyl (C=O) groups is 2. The van der Waals surface area contributed by atoms with Crippen molar-refractivity contribution in [2.75, 3.05) is 45.7 Å². The van der Waals surface area contributed by atoms with E-state index >= 15 is 0 Å². The second-order valence-corrected chi connectivity index (χ2v) is 15.4. The Morgan fingerprint density at radius 3 is 2.31 bits per heavy atom. The topological polar surface area (TPSA) is 111 Å². The number of benzene rings is 3. The lowest BCUT2D eigenvalue weighted by atomic mass is 9.98. The molecule has 0 bridgehead atoms. The molecule has 0 saturated heterocycles. The molecule has 11 nitrogen and oxygen atoms in total. The van der Waals surface area contributed by atoms with Crippen LogP contribution in [0.25, 0.3) is 32.9 Å². The maximum Gasteiger partial charge on any atom is 0.336 e. The number of nitrogens with zero attached hydrogens (tertiary/aromatic N) is 7. The molecule has 0 aliphatic carbocycles. The summed E-state index contributed by atoms with van der Waals surface area (Å²) in [6.45, 7) is 10.9. The summed E-state index contributed by atoms with van der Waals surface area (Å²) < 4.78 is 12.0. The van der Waals surface area contributed by atoms with Gasteiger partial charge in [-0.3, -0.25) is 14.2 Å². The molecule has 13 heteroatoms. The predicted octanol–water partition coefficient (Wildman–Crippen LogP) is 8.54. The average Bonchev–Trinajstić information content (AvgIpc) is 3.77. The van der Waals surface area contributed by atoms with Crippen LogP contribution in [-0.4, -0.2) is 87.2 Å². The number of ether oxygens (including phenoxy) is 1. The fraction of sp³-hybridized carbons (Fsp3) is 0.381. The Kier molecular flexibility index (Phi) is 11.9. The number of hydrogen-bond donors (Lipinski definition) is 1. The van der Waals surface area contributed by atoms with Gasteiger partial charge in [0.25, 0.3) is 0 Å². The molecule has 0 fully saturated rings. The van der Waals surface area contributed by atoms with Crippen molar-refractivity contribution in [3.05, 3.63) is 92.0 Å². The molecule has 0 radical (unpaired) electrons. The fourth-order valence-electron chi connectivity index (χ4n) is 7.57. The summed E-state index contributed by atoms with van der Waals surface area (Å²) in [7, 11) is 7.87. The normalized spacial score (nSPS) is 11.7. The van der Waals surface area contributed by atoms with Crippen molar-refractivity contribution in [1.82, 2.24) is 29.0 Å². The van der Waals surface area contributed by atoms with Gasteiger partial charge in [0.05, 0.1) is 52.4 Å². The molecule has 290 valence electrons. The third kappa shape index (κ3) is 7.97. The van der Waals surface area contributed by atoms with Crippen molar-refractivity contribution in [1.29, 1.82) is 0 Å². The molecule has 6 rings (SSSR count). The minimum Gasteiger partial charge on any atom is -0.494 e. The van der Waals surface area contributed by atoms with Gasteiger partial charge < -0.3 is 24.2 Å². The maximum atomic E-state index is 13.1. The standard InChI is InChI=1S/C42H49Cl2N7O4/c1-25-19-30(20-26(2)40(25)44)55-18-9-11-31-32-12-13-35(43)39(38-27(3)46-49(8)28(38)4)41(32)50(37(31)24-52)15-10-14-48(7)29-21-33(42(53)54)34-23-45-51(36(34)22-29)17-16-47(5)6/h12-13,19-24H,9-11,14-18H2,1-8H3,(H,53,54). The lowest BCUT2D eigenvalue weighted by molar-refractivity contribution is 0.0699. The monoisotopic (exact) mass is 785 g/mol. The van der Waals surface area contributed by atoms with E-state index in [1.807, 2.05) is 95.6 Å². The zero-order valence-electron chi connectivity index (χ0n) is 32.8. The van der Waals surface area contributed by atoms with Crippen LogP contribution < -0.4 is 9.64 Å². The summed E-state index contributed by atoms with van der Waals surface area (Å²) >= 11 is 13.4. The third-order valence-electron chi connectivity index (χ3n) is 10.5. The van der Waals surface area contributed by atoms with Crippen molar-refractivity contribution < 1.29 is 19.4 Å². The number of fused-ring (bicyclic) bond motifs is 2. The molecule has 0 aliphatic rings. The van der Waals surface area contributed by atoms with Gasteiger partial charge in [-0.25, -0.2) is 4.79 Å². The van der Waals surface area contributed by atoms with E-state index in [-0.39, 0.29) is 5.56 Å². The number of aromatic carboxylic acids is 1. The van der Waals surface area contributed by atoms with E-state index in [1.165, 1.54) is 0 Å². The molecule has 6 aromatic rings. The molecule has 55 heavy (non-hydrogen) atoms. The first-order valence-corrected chi connectivity index (χ1v) is 19.2. The van der Waals surface area contributed by atoms with Gasteiger partial charge in [-0.1, -0.05) is 29.3 Å². The zero-order valence-corrected chi connectivity index (χ0v) is 34.3. The minimum absolute atomic E-state index is 0.214. The van der Waals surface area contributed by atoms with E-state index in [9.17, 15) is 14.7 Å². The number of likely N-dealkylation sites (N-methyl/N-ethyl adjacent to an activating group) is 1. The average molecular weight is 787 g/mol. The number of aryl methyl sites for hydroxylation is 6. The predicted molar refractivity (Wildman–Crippen MR) is 222 cm³/mol. The number of aldehydes is 1. The Labute approximate surface area is 332 Å². The highest BCUT2D eigenvalue weighted by atomic mass is 35.5. The van der Waals surface area contributed by atoms with Crippen molar-refractivity contribution >= 4 is 63.0 Å². The van der Waals surface area contributed by atoms with Gasteiger partial charge in [0.1, 0.15) is 5.75 Å². The first kappa shape index (κ1) is 39.8. The maximum absolute atomic E-state index is 13.1. The van der Waals surface area contributed by atoms with Gasteiger partial charge in [-0.15, -0.1) is 0 Å². The number of carboxylic acids is 1. The van der Waals surface area contributed by atoms with Crippen LogP contribution in [0.15, 0.2) is 42.6 Å². The minimum atomic E-state index is -0.997. The van der Waals surface area contributed by atoms with Crippen LogP contribution in [0, 0.1) is 27.7 Å². The molecule has 0 spiro atoms. The molecule has 0 saturated carbocycles. The second kappa shape index (κ2) is 16.5. The van der Waals surface area contributed by atoms with Crippen molar-refractivity contribution in [3.8, 4) is 16.9 Å². The van der Waals surface area contributed by atoms with Gasteiger partial charge in [-0.05, 0) is 108 Å². The van der Waals surface area contributed by atoms with E-state index in [4.69, 9.17) is 33.0 Å². The lowest BCUT2D eigenvalue weighted by Gasteiger charge is -2.21. The van der Waals surface area contributed by atoms with Gasteiger partial charge >= 0.3 is 5.97 Å². The van der Waals surface area contributed by atoms with Crippen LogP contribution in [0.1, 0.15) is 61.8 Å². The summed E-state index contributed by atoms with van der Waals surface area (Å²) in [6.07, 6.45) is 4.55. The summed E-state index contributed by atoms with van der Waals surface area (Å²) in [5, 5.41) is 22.2. The summed E-state index contributed by atoms with van der Waals surface area (Å²) in [5.74, 6) is -0.227. The highest BCUT2D eigenvalue weighted by Gasteiger charge is 2.25. The largest absolute Gasteiger partial charge is 0.494 e. The van der Waals surface area contributed by atoms with Crippen molar-refractivity contribution in [3.63, 3.8) is 0 Å². The van der Waals surface area contributed by atoms with E-state index < -0.39 is 5.97 Å². The SMILES string of the molecule is Cc1cc(OCCCc2c(C=O)n(CCCN(C)c3cc(C(=O)O)c4cnn(CCN(C)C)c4c3)c3c(-c4c(C)nn(C)c4C)c(Cl)ccc23)cc(C)c1Cl. The summed E-state index contributed by atoms with van der Waals surface area (Å²) in [5.41, 5.74) is 9.80. The molecule has 1 N–H and O–H groups in total. The van der Waals surface area contributed by atoms with Gasteiger partial charge in [0.15, 0.2) is 6.29 Å². The van der Waals surface area contributed by atoms with E-state index in [1.54, 1.807) is 12.3 Å². The Balaban J connectivity index is 1.33. The van der Waals surface area contributed by atoms with Crippen LogP contribution >= 0.6 is 23.2 Å². The molecule has 3 aromatic heterocycles. The number of rotatable bonds is 16. The third-order valence-corrected chi connectivity index (χ3v) is 11.4. The lowest BCUT2D eigenvalue weighted by Crippen LogP contribution is -2.21. The highest BCUT2D eigenvalue weighted by molar-refractivity contribution is 6.35. The number of carboxylic acid groups (broad SMARTS) is 1. The van der Waals surface area contributed by atoms with Crippen LogP contribution in [0.2, 0.25) is 10.0 Å². The molecule has 3 heterocycles. The number of halogens is 2. The first-order chi connectivity index (χ1) is 26.2. The van der Waals surface area contributed by atoms with Gasteiger partial charge in [-0.2, -0.15) is 10.2 Å². The first-order valence-electron chi connectivity index (χ1n) is 18.5. The zero-order chi connectivity index (χ0) is 39.7. The summed E-state index contributed by atoms with van der Waals surface area (Å²) in [4.78, 5) is 29.6. The van der Waals surface area contributed by atoms with Gasteiger partial charge in [0, 0.05) is 72.0 Å². The molecular weight excluding hydrogens is 737 g/mol. The number of aromatic nitrogens is 5. The smallest absolute Gasteiger partial charge is 0.336 e. The molecule has 0 amide bonds. The molecule has 0 unspecified atom stereocenters. The van der Waals surface area contributed by atoms with Crippen LogP contribution in [-0.2, 0) is 26.6 Å². The van der Waals surface area contributed by atoms with Crippen LogP contribution in [0.4, 0.5) is 5.69 Å². The number of hydrogen-bond acceptors (Lipinski definition) is 7. The summed E-state index contributed by atoms with van der Waals surface area (Å²) in [6, 6.07) is 11.5. The Bertz CT molecular complexity index is 2390. The van der Waals surface area contributed by atoms with Gasteiger partial charge in [0.2, 0.25) is 0 Å². The molecule has 3 aromatic carbocycles. The Hall–Kier alpha value is -4.84. The van der Waals surface area contributed by atoms with E-state index in [0.717, 1.165) is 84.9 Å². The molecule has 0 atom stereocenters. The Morgan fingerprint density at radius 1 is 0.945 bits per heavy atom. The van der Waals surface area contributed by atoms with Crippen LogP contribution in [0.3, 0.4) is 0 Å². The van der Waals surface area contributed by atoms with E-state index in [2.05, 4.69) is 19.5 Å². The van der Waals surface area contributed by atoms with Crippen molar-refractivity contribution in [2.24, 2.45) is 7.05 Å². The quantitative estimate of drug-likeness (QED) is 0.0768. The molecular formula is C42H49Cl2N7O4. The van der Waals surface area contributed by atoms with Crippen LogP contribution in [0.5, 0.6) is 5.75 Å².